The van der Waals surface area contributed by atoms with Crippen LogP contribution in [0.4, 0.5) is 0 Å². The molecule has 2 aliphatic rings. The van der Waals surface area contributed by atoms with Gasteiger partial charge in [0.15, 0.2) is 0 Å². The van der Waals surface area contributed by atoms with Crippen LogP contribution < -0.4 is 0 Å². The van der Waals surface area contributed by atoms with E-state index in [1.165, 1.54) is 38.5 Å². The lowest BCUT2D eigenvalue weighted by Gasteiger charge is -2.20. The molecule has 0 atom stereocenters. The minimum atomic E-state index is 0.579. The van der Waals surface area contributed by atoms with Crippen molar-refractivity contribution in [3.8, 4) is 0 Å². The molecule has 0 radical (unpaired) electrons. The number of aromatic nitrogens is 2. The normalized spacial score (nSPS) is 22.2. The van der Waals surface area contributed by atoms with Gasteiger partial charge in [0, 0.05) is 24.9 Å². The molecular weight excluding hydrogens is 272 g/mol. The summed E-state index contributed by atoms with van der Waals surface area (Å²) in [5, 5.41) is 9.70. The van der Waals surface area contributed by atoms with Gasteiger partial charge in [-0.3, -0.25) is 0 Å². The highest BCUT2D eigenvalue weighted by Crippen LogP contribution is 2.30. The van der Waals surface area contributed by atoms with Gasteiger partial charge in [-0.25, -0.2) is 0 Å². The molecule has 2 heterocycles. The van der Waals surface area contributed by atoms with Crippen molar-refractivity contribution >= 4 is 11.8 Å². The van der Waals surface area contributed by atoms with E-state index in [0.717, 1.165) is 49.5 Å². The van der Waals surface area contributed by atoms with Crippen molar-refractivity contribution in [2.75, 3.05) is 13.2 Å². The van der Waals surface area contributed by atoms with Crippen molar-refractivity contribution in [1.29, 1.82) is 0 Å². The SMILES string of the molecule is C1CCC(CCc2nnc(SC3CCOCC3)o2)CC1. The van der Waals surface area contributed by atoms with Gasteiger partial charge in [-0.05, 0) is 25.2 Å². The Bertz CT molecular complexity index is 398. The predicted molar refractivity (Wildman–Crippen MR) is 78.9 cm³/mol. The lowest BCUT2D eigenvalue weighted by Crippen LogP contribution is -2.17. The topological polar surface area (TPSA) is 48.2 Å². The Morgan fingerprint density at radius 3 is 2.60 bits per heavy atom. The first kappa shape index (κ1) is 14.4. The largest absolute Gasteiger partial charge is 0.416 e. The van der Waals surface area contributed by atoms with E-state index < -0.39 is 0 Å². The fourth-order valence-electron chi connectivity index (χ4n) is 3.13. The van der Waals surface area contributed by atoms with Crippen LogP contribution in [0.5, 0.6) is 0 Å². The molecule has 1 saturated carbocycles. The third-order valence-electron chi connectivity index (χ3n) is 4.38. The molecular formula is C15H24N2O2S. The Morgan fingerprint density at radius 2 is 1.80 bits per heavy atom. The lowest BCUT2D eigenvalue weighted by atomic mass is 9.86. The van der Waals surface area contributed by atoms with Crippen molar-refractivity contribution in [3.05, 3.63) is 5.89 Å². The van der Waals surface area contributed by atoms with Crippen LogP contribution in [0.15, 0.2) is 9.64 Å². The maximum atomic E-state index is 5.78. The molecule has 0 aromatic carbocycles. The summed E-state index contributed by atoms with van der Waals surface area (Å²) in [6.45, 7) is 1.72. The highest BCUT2D eigenvalue weighted by Gasteiger charge is 2.19. The highest BCUT2D eigenvalue weighted by atomic mass is 32.2. The van der Waals surface area contributed by atoms with E-state index in [1.807, 2.05) is 0 Å². The van der Waals surface area contributed by atoms with E-state index in [0.29, 0.717) is 5.25 Å². The van der Waals surface area contributed by atoms with Crippen LogP contribution >= 0.6 is 11.8 Å². The third-order valence-corrected chi connectivity index (χ3v) is 5.55. The summed E-state index contributed by atoms with van der Waals surface area (Å²) in [7, 11) is 0. The van der Waals surface area contributed by atoms with Crippen LogP contribution in [-0.2, 0) is 11.2 Å². The average Bonchev–Trinajstić information content (AvgIpc) is 2.95. The van der Waals surface area contributed by atoms with Crippen molar-refractivity contribution in [2.45, 2.75) is 68.3 Å². The van der Waals surface area contributed by atoms with Crippen molar-refractivity contribution in [1.82, 2.24) is 10.2 Å². The molecule has 4 nitrogen and oxygen atoms in total. The van der Waals surface area contributed by atoms with E-state index in [9.17, 15) is 0 Å². The Balaban J connectivity index is 1.43. The minimum absolute atomic E-state index is 0.579. The molecule has 0 N–H and O–H groups in total. The van der Waals surface area contributed by atoms with Crippen LogP contribution in [0.2, 0.25) is 0 Å². The summed E-state index contributed by atoms with van der Waals surface area (Å²) in [4.78, 5) is 0. The van der Waals surface area contributed by atoms with E-state index in [-0.39, 0.29) is 0 Å². The van der Waals surface area contributed by atoms with Crippen molar-refractivity contribution in [3.63, 3.8) is 0 Å². The molecule has 0 bridgehead atoms. The molecule has 5 heteroatoms. The Labute approximate surface area is 125 Å². The van der Waals surface area contributed by atoms with Crippen LogP contribution in [0.1, 0.15) is 57.3 Å². The summed E-state index contributed by atoms with van der Waals surface area (Å²) >= 11 is 1.73. The summed E-state index contributed by atoms with van der Waals surface area (Å²) in [6.07, 6.45) is 11.3. The minimum Gasteiger partial charge on any atom is -0.416 e. The number of thioether (sulfide) groups is 1. The molecule has 0 spiro atoms. The van der Waals surface area contributed by atoms with Crippen LogP contribution in [0, 0.1) is 5.92 Å². The first-order valence-corrected chi connectivity index (χ1v) is 8.85. The maximum absolute atomic E-state index is 5.78. The molecule has 1 aromatic heterocycles. The monoisotopic (exact) mass is 296 g/mol. The predicted octanol–water partition coefficient (Wildman–Crippen LogP) is 3.85. The van der Waals surface area contributed by atoms with Gasteiger partial charge in [0.2, 0.25) is 5.89 Å². The zero-order valence-corrected chi connectivity index (χ0v) is 12.9. The molecule has 20 heavy (non-hydrogen) atoms. The fraction of sp³-hybridized carbons (Fsp3) is 0.867. The molecule has 2 fully saturated rings. The number of ether oxygens (including phenoxy) is 1. The average molecular weight is 296 g/mol. The molecule has 1 saturated heterocycles. The van der Waals surface area contributed by atoms with Gasteiger partial charge < -0.3 is 9.15 Å². The zero-order valence-electron chi connectivity index (χ0n) is 12.1. The lowest BCUT2D eigenvalue weighted by molar-refractivity contribution is 0.0998. The summed E-state index contributed by atoms with van der Waals surface area (Å²) in [5.41, 5.74) is 0. The Morgan fingerprint density at radius 1 is 1.00 bits per heavy atom. The van der Waals surface area contributed by atoms with E-state index in [4.69, 9.17) is 9.15 Å². The molecule has 0 amide bonds. The van der Waals surface area contributed by atoms with Crippen LogP contribution in [0.25, 0.3) is 0 Å². The van der Waals surface area contributed by atoms with Gasteiger partial charge in [-0.2, -0.15) is 0 Å². The van der Waals surface area contributed by atoms with Crippen molar-refractivity contribution < 1.29 is 9.15 Å². The van der Waals surface area contributed by atoms with Gasteiger partial charge in [-0.1, -0.05) is 43.9 Å². The zero-order chi connectivity index (χ0) is 13.6. The summed E-state index contributed by atoms with van der Waals surface area (Å²) in [6, 6.07) is 0. The second kappa shape index (κ2) is 7.46. The van der Waals surface area contributed by atoms with Gasteiger partial charge in [-0.15, -0.1) is 10.2 Å². The van der Waals surface area contributed by atoms with E-state index in [1.54, 1.807) is 11.8 Å². The van der Waals surface area contributed by atoms with Crippen molar-refractivity contribution in [2.24, 2.45) is 5.92 Å². The molecule has 1 aliphatic carbocycles. The third kappa shape index (κ3) is 4.22. The Hall–Kier alpha value is -0.550. The number of hydrogen-bond donors (Lipinski definition) is 0. The van der Waals surface area contributed by atoms with Gasteiger partial charge in [0.25, 0.3) is 5.22 Å². The number of nitrogens with zero attached hydrogens (tertiary/aromatic N) is 2. The van der Waals surface area contributed by atoms with Gasteiger partial charge >= 0.3 is 0 Å². The smallest absolute Gasteiger partial charge is 0.276 e. The maximum Gasteiger partial charge on any atom is 0.276 e. The second-order valence-corrected chi connectivity index (χ2v) is 7.19. The first-order valence-electron chi connectivity index (χ1n) is 7.97. The summed E-state index contributed by atoms with van der Waals surface area (Å²) < 4.78 is 11.1. The standard InChI is InChI=1S/C15H24N2O2S/c1-2-4-12(5-3-1)6-7-14-16-17-15(19-14)20-13-8-10-18-11-9-13/h12-13H,1-11H2. The van der Waals surface area contributed by atoms with Gasteiger partial charge in [0.1, 0.15) is 0 Å². The van der Waals surface area contributed by atoms with Crippen LogP contribution in [0.3, 0.4) is 0 Å². The first-order chi connectivity index (χ1) is 9.90. The molecule has 0 unspecified atom stereocenters. The number of aryl methyl sites for hydroxylation is 1. The number of rotatable bonds is 5. The summed E-state index contributed by atoms with van der Waals surface area (Å²) in [5.74, 6) is 1.70. The second-order valence-electron chi connectivity index (χ2n) is 5.93. The molecule has 112 valence electrons. The van der Waals surface area contributed by atoms with Crippen LogP contribution in [-0.4, -0.2) is 28.7 Å². The van der Waals surface area contributed by atoms with E-state index in [2.05, 4.69) is 10.2 Å². The fourth-order valence-corrected chi connectivity index (χ4v) is 4.07. The highest BCUT2D eigenvalue weighted by molar-refractivity contribution is 7.99. The van der Waals surface area contributed by atoms with E-state index >= 15 is 0 Å². The molecule has 3 rings (SSSR count). The number of hydrogen-bond acceptors (Lipinski definition) is 5. The van der Waals surface area contributed by atoms with Gasteiger partial charge in [0.05, 0.1) is 0 Å². The molecule has 1 aromatic rings. The molecule has 1 aliphatic heterocycles. The Kier molecular flexibility index (Phi) is 5.36. The quantitative estimate of drug-likeness (QED) is 0.826.